The molecule has 142 valence electrons. The lowest BCUT2D eigenvalue weighted by Gasteiger charge is -2.12. The molecular formula is C22H27N3O2. The lowest BCUT2D eigenvalue weighted by molar-refractivity contribution is 0.0951. The Morgan fingerprint density at radius 2 is 1.96 bits per heavy atom. The van der Waals surface area contributed by atoms with Gasteiger partial charge in [0, 0.05) is 37.3 Å². The molecule has 0 spiro atoms. The zero-order chi connectivity index (χ0) is 19.5. The molecule has 5 heteroatoms. The van der Waals surface area contributed by atoms with Crippen molar-refractivity contribution in [1.82, 2.24) is 15.5 Å². The van der Waals surface area contributed by atoms with Gasteiger partial charge in [-0.05, 0) is 37.9 Å². The smallest absolute Gasteiger partial charge is 0.251 e. The zero-order valence-corrected chi connectivity index (χ0v) is 16.0. The minimum Gasteiger partial charge on any atom is -0.481 e. The number of carbonyl (C=O) groups is 1. The summed E-state index contributed by atoms with van der Waals surface area (Å²) < 4.78 is 5.56. The molecule has 2 aromatic carbocycles. The maximum absolute atomic E-state index is 12.2. The van der Waals surface area contributed by atoms with Gasteiger partial charge >= 0.3 is 0 Å². The van der Waals surface area contributed by atoms with Gasteiger partial charge in [0.25, 0.3) is 5.91 Å². The summed E-state index contributed by atoms with van der Waals surface area (Å²) in [5.41, 5.74) is 2.77. The van der Waals surface area contributed by atoms with Crippen LogP contribution in [0.15, 0.2) is 48.5 Å². The van der Waals surface area contributed by atoms with Crippen LogP contribution in [0.25, 0.3) is 0 Å². The molecule has 5 nitrogen and oxygen atoms in total. The van der Waals surface area contributed by atoms with Crippen LogP contribution in [-0.4, -0.2) is 44.6 Å². The summed E-state index contributed by atoms with van der Waals surface area (Å²) >= 11 is 0. The number of hydrogen-bond acceptors (Lipinski definition) is 4. The standard InChI is InChI=1S/C22H27N3O2/c1-4-14-27-21-11-6-5-9-20(21)17-23-16-18-8-7-10-19(15-18)22(26)24-12-13-25(2)3/h1,5-11,15,23H,12-14,16-17H2,2-3H3,(H,24,26). The summed E-state index contributed by atoms with van der Waals surface area (Å²) in [4.78, 5) is 14.3. The normalized spacial score (nSPS) is 10.4. The number of para-hydroxylation sites is 1. The first-order valence-electron chi connectivity index (χ1n) is 8.97. The highest BCUT2D eigenvalue weighted by Crippen LogP contribution is 2.17. The Morgan fingerprint density at radius 3 is 2.74 bits per heavy atom. The van der Waals surface area contributed by atoms with Gasteiger partial charge in [0.15, 0.2) is 0 Å². The van der Waals surface area contributed by atoms with E-state index in [1.807, 2.05) is 67.5 Å². The van der Waals surface area contributed by atoms with Gasteiger partial charge < -0.3 is 20.3 Å². The fourth-order valence-corrected chi connectivity index (χ4v) is 2.57. The SMILES string of the molecule is C#CCOc1ccccc1CNCc1cccc(C(=O)NCCN(C)C)c1. The first-order valence-corrected chi connectivity index (χ1v) is 8.97. The number of benzene rings is 2. The molecule has 0 bridgehead atoms. The quantitative estimate of drug-likeness (QED) is 0.635. The lowest BCUT2D eigenvalue weighted by atomic mass is 10.1. The molecule has 2 rings (SSSR count). The van der Waals surface area contributed by atoms with E-state index in [2.05, 4.69) is 16.6 Å². The first-order chi connectivity index (χ1) is 13.1. The third kappa shape index (κ3) is 7.14. The van der Waals surface area contributed by atoms with E-state index in [9.17, 15) is 4.79 Å². The van der Waals surface area contributed by atoms with Crippen LogP contribution in [0.4, 0.5) is 0 Å². The van der Waals surface area contributed by atoms with Crippen molar-refractivity contribution in [2.45, 2.75) is 13.1 Å². The summed E-state index contributed by atoms with van der Waals surface area (Å²) in [6, 6.07) is 15.5. The van der Waals surface area contributed by atoms with Gasteiger partial charge in [-0.1, -0.05) is 36.3 Å². The molecule has 0 saturated carbocycles. The van der Waals surface area contributed by atoms with Crippen molar-refractivity contribution in [2.24, 2.45) is 0 Å². The van der Waals surface area contributed by atoms with E-state index in [0.29, 0.717) is 25.2 Å². The second-order valence-corrected chi connectivity index (χ2v) is 6.46. The predicted molar refractivity (Wildman–Crippen MR) is 109 cm³/mol. The Hall–Kier alpha value is -2.81. The predicted octanol–water partition coefficient (Wildman–Crippen LogP) is 2.28. The van der Waals surface area contributed by atoms with Crippen LogP contribution in [0.2, 0.25) is 0 Å². The maximum atomic E-state index is 12.2. The summed E-state index contributed by atoms with van der Waals surface area (Å²) in [6.45, 7) is 3.00. The molecule has 0 aliphatic rings. The molecule has 0 heterocycles. The number of nitrogens with zero attached hydrogens (tertiary/aromatic N) is 1. The topological polar surface area (TPSA) is 53.6 Å². The third-order valence-electron chi connectivity index (χ3n) is 3.96. The van der Waals surface area contributed by atoms with Crippen LogP contribution in [0.3, 0.4) is 0 Å². The Labute approximate surface area is 161 Å². The van der Waals surface area contributed by atoms with E-state index in [4.69, 9.17) is 11.2 Å². The van der Waals surface area contributed by atoms with Crippen LogP contribution in [-0.2, 0) is 13.1 Å². The second kappa shape index (κ2) is 11.0. The van der Waals surface area contributed by atoms with Gasteiger partial charge in [-0.3, -0.25) is 4.79 Å². The molecule has 0 aliphatic carbocycles. The fraction of sp³-hybridized carbons (Fsp3) is 0.318. The van der Waals surface area contributed by atoms with E-state index in [1.165, 1.54) is 0 Å². The largest absolute Gasteiger partial charge is 0.481 e. The van der Waals surface area contributed by atoms with Crippen molar-refractivity contribution in [3.63, 3.8) is 0 Å². The van der Waals surface area contributed by atoms with Crippen LogP contribution >= 0.6 is 0 Å². The summed E-state index contributed by atoms with van der Waals surface area (Å²) in [7, 11) is 3.96. The summed E-state index contributed by atoms with van der Waals surface area (Å²) in [6.07, 6.45) is 5.26. The Morgan fingerprint density at radius 1 is 1.15 bits per heavy atom. The van der Waals surface area contributed by atoms with Crippen molar-refractivity contribution in [1.29, 1.82) is 0 Å². The highest BCUT2D eigenvalue weighted by molar-refractivity contribution is 5.94. The van der Waals surface area contributed by atoms with Crippen LogP contribution in [0, 0.1) is 12.3 Å². The second-order valence-electron chi connectivity index (χ2n) is 6.46. The highest BCUT2D eigenvalue weighted by Gasteiger charge is 2.07. The Kier molecular flexibility index (Phi) is 8.37. The zero-order valence-electron chi connectivity index (χ0n) is 16.0. The highest BCUT2D eigenvalue weighted by atomic mass is 16.5. The average Bonchev–Trinajstić information content (AvgIpc) is 2.67. The maximum Gasteiger partial charge on any atom is 0.251 e. The van der Waals surface area contributed by atoms with E-state index >= 15 is 0 Å². The minimum atomic E-state index is -0.0493. The monoisotopic (exact) mass is 365 g/mol. The number of ether oxygens (including phenoxy) is 1. The molecule has 0 saturated heterocycles. The average molecular weight is 365 g/mol. The lowest BCUT2D eigenvalue weighted by Crippen LogP contribution is -2.31. The van der Waals surface area contributed by atoms with Gasteiger partial charge in [0.2, 0.25) is 0 Å². The number of hydrogen-bond donors (Lipinski definition) is 2. The van der Waals surface area contributed by atoms with Crippen molar-refractivity contribution >= 4 is 5.91 Å². The molecule has 2 N–H and O–H groups in total. The molecule has 27 heavy (non-hydrogen) atoms. The van der Waals surface area contributed by atoms with Crippen molar-refractivity contribution < 1.29 is 9.53 Å². The van der Waals surface area contributed by atoms with Gasteiger partial charge in [-0.15, -0.1) is 6.42 Å². The van der Waals surface area contributed by atoms with Crippen molar-refractivity contribution in [3.8, 4) is 18.1 Å². The van der Waals surface area contributed by atoms with E-state index in [-0.39, 0.29) is 12.5 Å². The molecular weight excluding hydrogens is 338 g/mol. The number of carbonyl (C=O) groups excluding carboxylic acids is 1. The van der Waals surface area contributed by atoms with Crippen molar-refractivity contribution in [3.05, 3.63) is 65.2 Å². The van der Waals surface area contributed by atoms with E-state index in [1.54, 1.807) is 0 Å². The van der Waals surface area contributed by atoms with Gasteiger partial charge in [0.1, 0.15) is 12.4 Å². The van der Waals surface area contributed by atoms with E-state index < -0.39 is 0 Å². The number of terminal acetylenes is 1. The molecule has 0 atom stereocenters. The fourth-order valence-electron chi connectivity index (χ4n) is 2.57. The number of likely N-dealkylation sites (N-methyl/N-ethyl adjacent to an activating group) is 1. The number of amides is 1. The minimum absolute atomic E-state index is 0.0493. The Bertz CT molecular complexity index is 781. The number of rotatable bonds is 10. The molecule has 0 aliphatic heterocycles. The molecule has 0 fully saturated rings. The van der Waals surface area contributed by atoms with E-state index in [0.717, 1.165) is 23.4 Å². The number of nitrogens with one attached hydrogen (secondary N) is 2. The first kappa shape index (κ1) is 20.5. The van der Waals surface area contributed by atoms with Crippen LogP contribution < -0.4 is 15.4 Å². The molecule has 1 amide bonds. The van der Waals surface area contributed by atoms with Crippen molar-refractivity contribution in [2.75, 3.05) is 33.8 Å². The third-order valence-corrected chi connectivity index (χ3v) is 3.96. The molecule has 2 aromatic rings. The van der Waals surface area contributed by atoms with Gasteiger partial charge in [-0.2, -0.15) is 0 Å². The summed E-state index contributed by atoms with van der Waals surface area (Å²) in [5.74, 6) is 3.22. The Balaban J connectivity index is 1.88. The van der Waals surface area contributed by atoms with Gasteiger partial charge in [-0.25, -0.2) is 0 Å². The van der Waals surface area contributed by atoms with Crippen LogP contribution in [0.1, 0.15) is 21.5 Å². The summed E-state index contributed by atoms with van der Waals surface area (Å²) in [5, 5.41) is 6.32. The van der Waals surface area contributed by atoms with Gasteiger partial charge in [0.05, 0.1) is 0 Å². The van der Waals surface area contributed by atoms with Crippen LogP contribution in [0.5, 0.6) is 5.75 Å². The molecule has 0 radical (unpaired) electrons. The molecule has 0 unspecified atom stereocenters. The molecule has 0 aromatic heterocycles.